The fourth-order valence-electron chi connectivity index (χ4n) is 3.47. The average Bonchev–Trinajstić information content (AvgIpc) is 2.78. The zero-order valence-corrected chi connectivity index (χ0v) is 21.6. The Morgan fingerprint density at radius 3 is 2.20 bits per heavy atom. The van der Waals surface area contributed by atoms with Crippen molar-refractivity contribution in [3.63, 3.8) is 0 Å². The van der Waals surface area contributed by atoms with Gasteiger partial charge >= 0.3 is 6.09 Å². The van der Waals surface area contributed by atoms with E-state index < -0.39 is 35.6 Å². The first-order valence-electron chi connectivity index (χ1n) is 11.2. The summed E-state index contributed by atoms with van der Waals surface area (Å²) in [7, 11) is 0. The first-order chi connectivity index (χ1) is 16.5. The van der Waals surface area contributed by atoms with E-state index in [0.29, 0.717) is 11.3 Å². The second-order valence-corrected chi connectivity index (χ2v) is 9.43. The Morgan fingerprint density at radius 2 is 1.66 bits per heavy atom. The van der Waals surface area contributed by atoms with Gasteiger partial charge < -0.3 is 20.3 Å². The van der Waals surface area contributed by atoms with Crippen LogP contribution in [0.25, 0.3) is 0 Å². The van der Waals surface area contributed by atoms with Crippen molar-refractivity contribution in [2.24, 2.45) is 0 Å². The smallest absolute Gasteiger partial charge is 0.408 e. The maximum absolute atomic E-state index is 13.6. The molecule has 2 aromatic rings. The lowest BCUT2D eigenvalue weighted by Gasteiger charge is -2.33. The SMILES string of the molecule is Cc1ccccc1NC(=O)C(c1ccccc1C)N(CC#N)C(=O)C(CS)NC(=O)OC(C)(C)C. The van der Waals surface area contributed by atoms with Crippen LogP contribution in [0.4, 0.5) is 10.5 Å². The molecule has 0 fully saturated rings. The number of nitrogens with zero attached hydrogens (tertiary/aromatic N) is 2. The zero-order chi connectivity index (χ0) is 26.2. The largest absolute Gasteiger partial charge is 0.444 e. The summed E-state index contributed by atoms with van der Waals surface area (Å²) in [5.41, 5.74) is 2.02. The molecule has 3 amide bonds. The van der Waals surface area contributed by atoms with Crippen LogP contribution < -0.4 is 10.6 Å². The van der Waals surface area contributed by atoms with Crippen LogP contribution in [0.15, 0.2) is 48.5 Å². The van der Waals surface area contributed by atoms with Gasteiger partial charge in [0.15, 0.2) is 0 Å². The molecule has 0 bridgehead atoms. The van der Waals surface area contributed by atoms with Gasteiger partial charge in [0.2, 0.25) is 5.91 Å². The Morgan fingerprint density at radius 1 is 1.06 bits per heavy atom. The Labute approximate surface area is 212 Å². The van der Waals surface area contributed by atoms with Gasteiger partial charge in [-0.1, -0.05) is 42.5 Å². The number of amides is 3. The minimum Gasteiger partial charge on any atom is -0.444 e. The van der Waals surface area contributed by atoms with Crippen molar-refractivity contribution in [2.45, 2.75) is 52.3 Å². The standard InChI is InChI=1S/C26H32N4O4S/c1-17-10-6-8-12-19(17)22(23(31)28-20-13-9-7-11-18(20)2)30(15-14-27)24(32)21(16-35)29-25(33)34-26(3,4)5/h6-13,21-22,35H,15-16H2,1-5H3,(H,28,31)(H,29,33). The number of hydrogen-bond acceptors (Lipinski definition) is 6. The lowest BCUT2D eigenvalue weighted by Crippen LogP contribution is -2.53. The molecule has 0 aliphatic heterocycles. The summed E-state index contributed by atoms with van der Waals surface area (Å²) in [6.07, 6.45) is -0.793. The average molecular weight is 497 g/mol. The van der Waals surface area contributed by atoms with E-state index in [2.05, 4.69) is 23.3 Å². The van der Waals surface area contributed by atoms with Gasteiger partial charge in [0.1, 0.15) is 24.2 Å². The van der Waals surface area contributed by atoms with Crippen molar-refractivity contribution in [3.05, 3.63) is 65.2 Å². The number of alkyl carbamates (subject to hydrolysis) is 1. The van der Waals surface area contributed by atoms with Crippen LogP contribution in [-0.2, 0) is 14.3 Å². The molecule has 2 unspecified atom stereocenters. The number of benzene rings is 2. The van der Waals surface area contributed by atoms with Crippen LogP contribution >= 0.6 is 12.6 Å². The first kappa shape index (κ1) is 27.7. The van der Waals surface area contributed by atoms with Crippen LogP contribution in [0.2, 0.25) is 0 Å². The summed E-state index contributed by atoms with van der Waals surface area (Å²) < 4.78 is 5.26. The highest BCUT2D eigenvalue weighted by molar-refractivity contribution is 7.80. The number of carbonyl (C=O) groups is 3. The predicted octanol–water partition coefficient (Wildman–Crippen LogP) is 4.16. The molecule has 186 valence electrons. The molecule has 0 saturated heterocycles. The van der Waals surface area contributed by atoms with Crippen molar-refractivity contribution >= 4 is 36.2 Å². The molecular formula is C26H32N4O4S. The number of rotatable bonds is 8. The maximum Gasteiger partial charge on any atom is 0.408 e. The molecule has 2 atom stereocenters. The highest BCUT2D eigenvalue weighted by Gasteiger charge is 2.36. The lowest BCUT2D eigenvalue weighted by molar-refractivity contribution is -0.139. The van der Waals surface area contributed by atoms with E-state index in [0.717, 1.165) is 16.0 Å². The van der Waals surface area contributed by atoms with Crippen molar-refractivity contribution in [2.75, 3.05) is 17.6 Å². The van der Waals surface area contributed by atoms with Gasteiger partial charge in [-0.05, 0) is 57.4 Å². The normalized spacial score (nSPS) is 12.6. The summed E-state index contributed by atoms with van der Waals surface area (Å²) in [6.45, 7) is 8.42. The number of anilines is 1. The van der Waals surface area contributed by atoms with Crippen molar-refractivity contribution < 1.29 is 19.1 Å². The van der Waals surface area contributed by atoms with E-state index in [1.807, 2.05) is 44.2 Å². The van der Waals surface area contributed by atoms with Gasteiger partial charge in [0.05, 0.1) is 6.07 Å². The molecule has 2 aromatic carbocycles. The summed E-state index contributed by atoms with van der Waals surface area (Å²) in [6, 6.07) is 14.2. The molecule has 35 heavy (non-hydrogen) atoms. The molecule has 0 heterocycles. The predicted molar refractivity (Wildman–Crippen MR) is 138 cm³/mol. The van der Waals surface area contributed by atoms with Gasteiger partial charge in [-0.3, -0.25) is 9.59 Å². The Hall–Kier alpha value is -3.51. The topological polar surface area (TPSA) is 112 Å². The third kappa shape index (κ3) is 7.76. The van der Waals surface area contributed by atoms with Crippen molar-refractivity contribution in [3.8, 4) is 6.07 Å². The quantitative estimate of drug-likeness (QED) is 0.375. The molecule has 9 heteroatoms. The van der Waals surface area contributed by atoms with Gasteiger partial charge in [-0.15, -0.1) is 0 Å². The number of para-hydroxylation sites is 1. The van der Waals surface area contributed by atoms with E-state index >= 15 is 0 Å². The van der Waals surface area contributed by atoms with Crippen LogP contribution in [0.5, 0.6) is 0 Å². The molecule has 2 rings (SSSR count). The Kier molecular flexibility index (Phi) is 9.72. The molecule has 0 aliphatic rings. The monoisotopic (exact) mass is 496 g/mol. The number of hydrogen-bond donors (Lipinski definition) is 3. The molecule has 0 spiro atoms. The minimum absolute atomic E-state index is 0.0556. The minimum atomic E-state index is -1.12. The van der Waals surface area contributed by atoms with E-state index in [4.69, 9.17) is 4.74 Å². The summed E-state index contributed by atoms with van der Waals surface area (Å²) in [5.74, 6) is -1.16. The first-order valence-corrected chi connectivity index (χ1v) is 11.8. The maximum atomic E-state index is 13.6. The van der Waals surface area contributed by atoms with E-state index in [1.54, 1.807) is 45.0 Å². The summed E-state index contributed by atoms with van der Waals surface area (Å²) >= 11 is 4.22. The fraction of sp³-hybridized carbons (Fsp3) is 0.385. The van der Waals surface area contributed by atoms with E-state index in [-0.39, 0.29) is 12.3 Å². The zero-order valence-electron chi connectivity index (χ0n) is 20.7. The van der Waals surface area contributed by atoms with Crippen LogP contribution in [-0.4, -0.2) is 46.7 Å². The Bertz CT molecular complexity index is 1110. The molecular weight excluding hydrogens is 464 g/mol. The highest BCUT2D eigenvalue weighted by Crippen LogP contribution is 2.27. The van der Waals surface area contributed by atoms with Crippen molar-refractivity contribution in [1.82, 2.24) is 10.2 Å². The number of nitriles is 1. The number of ether oxygens (including phenoxy) is 1. The second kappa shape index (κ2) is 12.3. The molecule has 0 radical (unpaired) electrons. The Balaban J connectivity index is 2.47. The van der Waals surface area contributed by atoms with Gasteiger partial charge in [-0.2, -0.15) is 17.9 Å². The number of thiol groups is 1. The third-order valence-electron chi connectivity index (χ3n) is 5.14. The van der Waals surface area contributed by atoms with Crippen LogP contribution in [0.3, 0.4) is 0 Å². The van der Waals surface area contributed by atoms with Crippen LogP contribution in [0, 0.1) is 25.2 Å². The highest BCUT2D eigenvalue weighted by atomic mass is 32.1. The fourth-order valence-corrected chi connectivity index (χ4v) is 3.71. The third-order valence-corrected chi connectivity index (χ3v) is 5.51. The molecule has 0 saturated carbocycles. The van der Waals surface area contributed by atoms with Gasteiger partial charge in [-0.25, -0.2) is 4.79 Å². The number of nitrogens with one attached hydrogen (secondary N) is 2. The van der Waals surface area contributed by atoms with E-state index in [1.165, 1.54) is 0 Å². The van der Waals surface area contributed by atoms with Gasteiger partial charge in [0.25, 0.3) is 5.91 Å². The second-order valence-electron chi connectivity index (χ2n) is 9.07. The summed E-state index contributed by atoms with van der Waals surface area (Å²) in [5, 5.41) is 14.9. The lowest BCUT2D eigenvalue weighted by atomic mass is 9.98. The van der Waals surface area contributed by atoms with Gasteiger partial charge in [0, 0.05) is 11.4 Å². The van der Waals surface area contributed by atoms with Crippen LogP contribution in [0.1, 0.15) is 43.5 Å². The molecule has 2 N–H and O–H groups in total. The van der Waals surface area contributed by atoms with E-state index in [9.17, 15) is 19.6 Å². The number of aryl methyl sites for hydroxylation is 2. The van der Waals surface area contributed by atoms with Crippen molar-refractivity contribution in [1.29, 1.82) is 5.26 Å². The number of carbonyl (C=O) groups excluding carboxylic acids is 3. The molecule has 0 aliphatic carbocycles. The summed E-state index contributed by atoms with van der Waals surface area (Å²) in [4.78, 5) is 40.7. The molecule has 0 aromatic heterocycles. The molecule has 8 nitrogen and oxygen atoms in total.